The molecule has 1 fully saturated rings. The predicted molar refractivity (Wildman–Crippen MR) is 70.3 cm³/mol. The first-order chi connectivity index (χ1) is 8.15. The number of methoxy groups -OCH3 is 1. The van der Waals surface area contributed by atoms with Crippen LogP contribution in [-0.4, -0.2) is 25.2 Å². The van der Waals surface area contributed by atoms with Crippen LogP contribution in [0.3, 0.4) is 0 Å². The average molecular weight is 256 g/mol. The Bertz CT molecular complexity index is 393. The normalized spacial score (nSPS) is 16.8. The monoisotopic (exact) mass is 255 g/mol. The fourth-order valence-corrected chi connectivity index (χ4v) is 2.11. The maximum Gasteiger partial charge on any atom is 0.144 e. The largest absolute Gasteiger partial charge is 0.397 e. The second-order valence-corrected chi connectivity index (χ2v) is 5.10. The summed E-state index contributed by atoms with van der Waals surface area (Å²) < 4.78 is 5.12. The Morgan fingerprint density at radius 1 is 1.59 bits per heavy atom. The minimum absolute atomic E-state index is 0.377. The van der Waals surface area contributed by atoms with Gasteiger partial charge >= 0.3 is 0 Å². The zero-order chi connectivity index (χ0) is 12.3. The number of nitrogen functional groups attached to an aromatic ring is 1. The molecule has 2 rings (SSSR count). The fraction of sp³-hybridized carbons (Fsp3) is 0.583. The Hall–Kier alpha value is -1.00. The van der Waals surface area contributed by atoms with Gasteiger partial charge in [0.05, 0.1) is 16.9 Å². The van der Waals surface area contributed by atoms with E-state index in [-0.39, 0.29) is 0 Å². The van der Waals surface area contributed by atoms with Gasteiger partial charge in [-0.2, -0.15) is 0 Å². The van der Waals surface area contributed by atoms with E-state index in [4.69, 9.17) is 22.1 Å². The Morgan fingerprint density at radius 3 is 2.94 bits per heavy atom. The van der Waals surface area contributed by atoms with Gasteiger partial charge in [0.1, 0.15) is 5.82 Å². The minimum Gasteiger partial charge on any atom is -0.397 e. The first-order valence-electron chi connectivity index (χ1n) is 5.79. The summed E-state index contributed by atoms with van der Waals surface area (Å²) in [6.07, 6.45) is 5.19. The minimum atomic E-state index is 0.377. The van der Waals surface area contributed by atoms with Crippen LogP contribution in [0.25, 0.3) is 0 Å². The van der Waals surface area contributed by atoms with Crippen LogP contribution in [0, 0.1) is 5.41 Å². The Kier molecular flexibility index (Phi) is 3.74. The van der Waals surface area contributed by atoms with Crippen LogP contribution < -0.4 is 11.1 Å². The van der Waals surface area contributed by atoms with Gasteiger partial charge in [-0.3, -0.25) is 0 Å². The molecule has 1 aromatic heterocycles. The fourth-order valence-electron chi connectivity index (χ4n) is 1.86. The topological polar surface area (TPSA) is 60.2 Å². The van der Waals surface area contributed by atoms with Crippen molar-refractivity contribution in [1.82, 2.24) is 4.98 Å². The third-order valence-corrected chi connectivity index (χ3v) is 3.57. The van der Waals surface area contributed by atoms with Crippen LogP contribution in [0.5, 0.6) is 0 Å². The van der Waals surface area contributed by atoms with E-state index in [2.05, 4.69) is 10.3 Å². The quantitative estimate of drug-likeness (QED) is 0.820. The molecule has 94 valence electrons. The summed E-state index contributed by atoms with van der Waals surface area (Å²) in [5.41, 5.74) is 6.56. The highest BCUT2D eigenvalue weighted by Crippen LogP contribution is 2.48. The van der Waals surface area contributed by atoms with Crippen molar-refractivity contribution < 1.29 is 4.74 Å². The number of nitrogens with two attached hydrogens (primary N) is 1. The van der Waals surface area contributed by atoms with Crippen molar-refractivity contribution in [3.63, 3.8) is 0 Å². The van der Waals surface area contributed by atoms with Gasteiger partial charge in [0.25, 0.3) is 0 Å². The zero-order valence-electron chi connectivity index (χ0n) is 10.0. The van der Waals surface area contributed by atoms with Gasteiger partial charge in [-0.1, -0.05) is 11.6 Å². The SMILES string of the molecule is COCCC1(CNc2ncc(N)cc2Cl)CC1. The summed E-state index contributed by atoms with van der Waals surface area (Å²) in [4.78, 5) is 4.19. The number of ether oxygens (including phenoxy) is 1. The summed E-state index contributed by atoms with van der Waals surface area (Å²) in [7, 11) is 1.74. The summed E-state index contributed by atoms with van der Waals surface area (Å²) in [5, 5.41) is 3.87. The maximum absolute atomic E-state index is 6.05. The van der Waals surface area contributed by atoms with E-state index in [0.717, 1.165) is 19.6 Å². The lowest BCUT2D eigenvalue weighted by Gasteiger charge is -2.16. The van der Waals surface area contributed by atoms with E-state index in [9.17, 15) is 0 Å². The van der Waals surface area contributed by atoms with E-state index >= 15 is 0 Å². The molecule has 0 atom stereocenters. The second-order valence-electron chi connectivity index (χ2n) is 4.70. The molecule has 0 unspecified atom stereocenters. The zero-order valence-corrected chi connectivity index (χ0v) is 10.8. The first-order valence-corrected chi connectivity index (χ1v) is 6.17. The van der Waals surface area contributed by atoms with Crippen LogP contribution in [0.2, 0.25) is 5.02 Å². The summed E-state index contributed by atoms with van der Waals surface area (Å²) >= 11 is 6.05. The molecule has 1 aliphatic carbocycles. The van der Waals surface area contributed by atoms with Crippen LogP contribution in [0.15, 0.2) is 12.3 Å². The van der Waals surface area contributed by atoms with Crippen molar-refractivity contribution in [3.8, 4) is 0 Å². The summed E-state index contributed by atoms with van der Waals surface area (Å²) in [6.45, 7) is 1.71. The molecule has 1 aromatic rings. The number of nitrogens with zero attached hydrogens (tertiary/aromatic N) is 1. The molecule has 0 aliphatic heterocycles. The molecule has 5 heteroatoms. The van der Waals surface area contributed by atoms with Gasteiger partial charge in [-0.15, -0.1) is 0 Å². The lowest BCUT2D eigenvalue weighted by Crippen LogP contribution is -2.18. The number of aromatic nitrogens is 1. The molecule has 0 radical (unpaired) electrons. The number of halogens is 1. The van der Waals surface area contributed by atoms with Crippen molar-refractivity contribution in [2.24, 2.45) is 5.41 Å². The van der Waals surface area contributed by atoms with Gasteiger partial charge in [0, 0.05) is 20.3 Å². The molecule has 0 aromatic carbocycles. The van der Waals surface area contributed by atoms with Crippen molar-refractivity contribution >= 4 is 23.1 Å². The highest BCUT2D eigenvalue weighted by atomic mass is 35.5. The number of anilines is 2. The number of hydrogen-bond acceptors (Lipinski definition) is 4. The highest BCUT2D eigenvalue weighted by Gasteiger charge is 2.41. The van der Waals surface area contributed by atoms with E-state index in [1.54, 1.807) is 19.4 Å². The molecule has 4 nitrogen and oxygen atoms in total. The number of rotatable bonds is 6. The first kappa shape index (κ1) is 12.5. The third-order valence-electron chi connectivity index (χ3n) is 3.29. The van der Waals surface area contributed by atoms with Crippen molar-refractivity contribution in [1.29, 1.82) is 0 Å². The molecule has 0 bridgehead atoms. The molecule has 1 aliphatic rings. The van der Waals surface area contributed by atoms with Gasteiger partial charge in [-0.25, -0.2) is 4.98 Å². The second kappa shape index (κ2) is 5.10. The van der Waals surface area contributed by atoms with Crippen LogP contribution in [0.4, 0.5) is 11.5 Å². The molecule has 1 heterocycles. The molecule has 17 heavy (non-hydrogen) atoms. The third kappa shape index (κ3) is 3.23. The highest BCUT2D eigenvalue weighted by molar-refractivity contribution is 6.33. The van der Waals surface area contributed by atoms with Gasteiger partial charge in [-0.05, 0) is 30.7 Å². The van der Waals surface area contributed by atoms with Crippen molar-refractivity contribution in [2.45, 2.75) is 19.3 Å². The standard InChI is InChI=1S/C12H18ClN3O/c1-17-5-4-12(2-3-12)8-16-11-10(13)6-9(14)7-15-11/h6-7H,2-5,8,14H2,1H3,(H,15,16). The number of nitrogens with one attached hydrogen (secondary N) is 1. The summed E-state index contributed by atoms with van der Waals surface area (Å²) in [6, 6.07) is 1.71. The van der Waals surface area contributed by atoms with E-state index in [1.807, 2.05) is 0 Å². The lowest BCUT2D eigenvalue weighted by molar-refractivity contribution is 0.175. The van der Waals surface area contributed by atoms with E-state index in [0.29, 0.717) is 21.9 Å². The molecule has 0 amide bonds. The average Bonchev–Trinajstić information content (AvgIpc) is 3.06. The Morgan fingerprint density at radius 2 is 2.35 bits per heavy atom. The molecule has 0 saturated heterocycles. The smallest absolute Gasteiger partial charge is 0.144 e. The molecular weight excluding hydrogens is 238 g/mol. The maximum atomic E-state index is 6.05. The molecule has 0 spiro atoms. The van der Waals surface area contributed by atoms with Crippen LogP contribution in [0.1, 0.15) is 19.3 Å². The van der Waals surface area contributed by atoms with Crippen LogP contribution in [-0.2, 0) is 4.74 Å². The lowest BCUT2D eigenvalue weighted by atomic mass is 10.0. The molecule has 1 saturated carbocycles. The number of pyridine rings is 1. The van der Waals surface area contributed by atoms with Crippen molar-refractivity contribution in [3.05, 3.63) is 17.3 Å². The van der Waals surface area contributed by atoms with Crippen molar-refractivity contribution in [2.75, 3.05) is 31.3 Å². The summed E-state index contributed by atoms with van der Waals surface area (Å²) in [5.74, 6) is 0.713. The number of hydrogen-bond donors (Lipinski definition) is 2. The Labute approximate surface area is 107 Å². The van der Waals surface area contributed by atoms with Crippen LogP contribution >= 0.6 is 11.6 Å². The van der Waals surface area contributed by atoms with E-state index < -0.39 is 0 Å². The van der Waals surface area contributed by atoms with Gasteiger partial charge in [0.2, 0.25) is 0 Å². The molecule has 3 N–H and O–H groups in total. The van der Waals surface area contributed by atoms with Gasteiger partial charge in [0.15, 0.2) is 0 Å². The molecular formula is C12H18ClN3O. The predicted octanol–water partition coefficient (Wildman–Crippen LogP) is 2.55. The van der Waals surface area contributed by atoms with E-state index in [1.165, 1.54) is 12.8 Å². The van der Waals surface area contributed by atoms with Gasteiger partial charge < -0.3 is 15.8 Å². The Balaban J connectivity index is 1.89.